The molecule has 0 heterocycles. The Bertz CT molecular complexity index is 616. The Hall–Kier alpha value is -2.04. The maximum Gasteiger partial charge on any atom is 0.227 e. The summed E-state index contributed by atoms with van der Waals surface area (Å²) in [5.74, 6) is 1.24. The molecule has 2 saturated carbocycles. The molecule has 0 saturated heterocycles. The Morgan fingerprint density at radius 3 is 2.58 bits per heavy atom. The van der Waals surface area contributed by atoms with Gasteiger partial charge in [-0.15, -0.1) is 0 Å². The van der Waals surface area contributed by atoms with Crippen LogP contribution in [-0.2, 0) is 11.3 Å². The van der Waals surface area contributed by atoms with Gasteiger partial charge in [0.15, 0.2) is 5.96 Å². The van der Waals surface area contributed by atoms with Crippen molar-refractivity contribution in [2.75, 3.05) is 11.9 Å². The van der Waals surface area contributed by atoms with E-state index in [2.05, 4.69) is 28.9 Å². The number of nitrogens with one attached hydrogen (secondary N) is 3. The second kappa shape index (κ2) is 9.60. The van der Waals surface area contributed by atoms with Gasteiger partial charge in [0.05, 0.1) is 6.54 Å². The molecular formula is C21H32N4O. The maximum atomic E-state index is 12.3. The summed E-state index contributed by atoms with van der Waals surface area (Å²) in [6, 6.07) is 8.60. The third kappa shape index (κ3) is 5.48. The fourth-order valence-electron chi connectivity index (χ4n) is 3.93. The molecule has 0 unspecified atom stereocenters. The highest BCUT2D eigenvalue weighted by Crippen LogP contribution is 2.26. The van der Waals surface area contributed by atoms with Gasteiger partial charge in [-0.05, 0) is 50.3 Å². The summed E-state index contributed by atoms with van der Waals surface area (Å²) < 4.78 is 0. The SMILES string of the molecule is CCNC(=NCc1cccc(NC(=O)C2CCCC2)c1)NC1CCCC1. The molecule has 142 valence electrons. The number of guanidine groups is 1. The first kappa shape index (κ1) is 18.7. The summed E-state index contributed by atoms with van der Waals surface area (Å²) in [6.45, 7) is 3.55. The highest BCUT2D eigenvalue weighted by Gasteiger charge is 2.22. The zero-order chi connectivity index (χ0) is 18.2. The van der Waals surface area contributed by atoms with E-state index >= 15 is 0 Å². The number of carbonyl (C=O) groups is 1. The lowest BCUT2D eigenvalue weighted by Crippen LogP contribution is -2.42. The molecule has 3 N–H and O–H groups in total. The largest absolute Gasteiger partial charge is 0.357 e. The van der Waals surface area contributed by atoms with Gasteiger partial charge in [0.25, 0.3) is 0 Å². The lowest BCUT2D eigenvalue weighted by Gasteiger charge is -2.16. The van der Waals surface area contributed by atoms with Crippen molar-refractivity contribution in [3.8, 4) is 0 Å². The molecule has 5 nitrogen and oxygen atoms in total. The van der Waals surface area contributed by atoms with Gasteiger partial charge in [-0.25, -0.2) is 4.99 Å². The van der Waals surface area contributed by atoms with E-state index in [0.29, 0.717) is 12.6 Å². The van der Waals surface area contributed by atoms with Crippen LogP contribution in [0.5, 0.6) is 0 Å². The fourth-order valence-corrected chi connectivity index (χ4v) is 3.93. The van der Waals surface area contributed by atoms with E-state index in [1.807, 2.05) is 18.2 Å². The second-order valence-electron chi connectivity index (χ2n) is 7.49. The Labute approximate surface area is 157 Å². The van der Waals surface area contributed by atoms with E-state index < -0.39 is 0 Å². The molecule has 1 aromatic carbocycles. The molecule has 0 aliphatic heterocycles. The van der Waals surface area contributed by atoms with Crippen molar-refractivity contribution >= 4 is 17.6 Å². The van der Waals surface area contributed by atoms with Gasteiger partial charge < -0.3 is 16.0 Å². The van der Waals surface area contributed by atoms with Crippen LogP contribution >= 0.6 is 0 Å². The standard InChI is InChI=1S/C21H32N4O/c1-2-22-21(25-18-11-5-6-12-18)23-15-16-8-7-13-19(14-16)24-20(26)17-9-3-4-10-17/h7-8,13-14,17-18H,2-6,9-12,15H2,1H3,(H,24,26)(H2,22,23,25). The van der Waals surface area contributed by atoms with Gasteiger partial charge in [0, 0.05) is 24.2 Å². The maximum absolute atomic E-state index is 12.3. The van der Waals surface area contributed by atoms with Crippen molar-refractivity contribution in [3.05, 3.63) is 29.8 Å². The number of rotatable bonds is 6. The number of hydrogen-bond donors (Lipinski definition) is 3. The number of amides is 1. The van der Waals surface area contributed by atoms with Crippen LogP contribution in [0.25, 0.3) is 0 Å². The minimum absolute atomic E-state index is 0.166. The van der Waals surface area contributed by atoms with Crippen molar-refractivity contribution in [3.63, 3.8) is 0 Å². The Balaban J connectivity index is 1.58. The van der Waals surface area contributed by atoms with E-state index in [4.69, 9.17) is 4.99 Å². The molecule has 0 spiro atoms. The van der Waals surface area contributed by atoms with Crippen molar-refractivity contribution < 1.29 is 4.79 Å². The molecule has 2 aliphatic rings. The van der Waals surface area contributed by atoms with Gasteiger partial charge in [-0.3, -0.25) is 4.79 Å². The number of benzene rings is 1. The molecule has 0 atom stereocenters. The van der Waals surface area contributed by atoms with E-state index in [9.17, 15) is 4.79 Å². The van der Waals surface area contributed by atoms with Crippen LogP contribution < -0.4 is 16.0 Å². The summed E-state index contributed by atoms with van der Waals surface area (Å²) in [5, 5.41) is 9.95. The summed E-state index contributed by atoms with van der Waals surface area (Å²) in [5.41, 5.74) is 1.99. The molecule has 2 aliphatic carbocycles. The van der Waals surface area contributed by atoms with Crippen molar-refractivity contribution in [1.29, 1.82) is 0 Å². The lowest BCUT2D eigenvalue weighted by atomic mass is 10.1. The average Bonchev–Trinajstić information content (AvgIpc) is 3.34. The minimum atomic E-state index is 0.166. The van der Waals surface area contributed by atoms with Crippen molar-refractivity contribution in [2.24, 2.45) is 10.9 Å². The minimum Gasteiger partial charge on any atom is -0.357 e. The fraction of sp³-hybridized carbons (Fsp3) is 0.619. The number of hydrogen-bond acceptors (Lipinski definition) is 2. The van der Waals surface area contributed by atoms with Gasteiger partial charge in [-0.1, -0.05) is 37.8 Å². The summed E-state index contributed by atoms with van der Waals surface area (Å²) in [7, 11) is 0. The first-order valence-corrected chi connectivity index (χ1v) is 10.2. The second-order valence-corrected chi connectivity index (χ2v) is 7.49. The van der Waals surface area contributed by atoms with E-state index in [1.165, 1.54) is 38.5 Å². The third-order valence-corrected chi connectivity index (χ3v) is 5.38. The topological polar surface area (TPSA) is 65.5 Å². The van der Waals surface area contributed by atoms with E-state index in [0.717, 1.165) is 36.6 Å². The van der Waals surface area contributed by atoms with Gasteiger partial charge >= 0.3 is 0 Å². The highest BCUT2D eigenvalue weighted by molar-refractivity contribution is 5.92. The lowest BCUT2D eigenvalue weighted by molar-refractivity contribution is -0.119. The van der Waals surface area contributed by atoms with Crippen molar-refractivity contribution in [1.82, 2.24) is 10.6 Å². The molecule has 1 aromatic rings. The van der Waals surface area contributed by atoms with Crippen LogP contribution in [0.2, 0.25) is 0 Å². The Morgan fingerprint density at radius 1 is 1.12 bits per heavy atom. The quantitative estimate of drug-likeness (QED) is 0.536. The van der Waals surface area contributed by atoms with Crippen LogP contribution in [0, 0.1) is 5.92 Å². The van der Waals surface area contributed by atoms with Gasteiger partial charge in [0.2, 0.25) is 5.91 Å². The summed E-state index contributed by atoms with van der Waals surface area (Å²) in [4.78, 5) is 17.0. The first-order chi connectivity index (χ1) is 12.7. The zero-order valence-electron chi connectivity index (χ0n) is 15.9. The Kier molecular flexibility index (Phi) is 6.92. The van der Waals surface area contributed by atoms with E-state index in [1.54, 1.807) is 0 Å². The number of nitrogens with zero attached hydrogens (tertiary/aromatic N) is 1. The number of aliphatic imine (C=N–C) groups is 1. The molecule has 2 fully saturated rings. The van der Waals surface area contributed by atoms with Crippen LogP contribution in [0.1, 0.15) is 63.9 Å². The van der Waals surface area contributed by atoms with Crippen LogP contribution in [0.3, 0.4) is 0 Å². The normalized spacial score (nSPS) is 18.9. The molecule has 3 rings (SSSR count). The van der Waals surface area contributed by atoms with Gasteiger partial charge in [-0.2, -0.15) is 0 Å². The smallest absolute Gasteiger partial charge is 0.227 e. The number of anilines is 1. The highest BCUT2D eigenvalue weighted by atomic mass is 16.1. The molecular weight excluding hydrogens is 324 g/mol. The van der Waals surface area contributed by atoms with Gasteiger partial charge in [0.1, 0.15) is 0 Å². The molecule has 0 bridgehead atoms. The van der Waals surface area contributed by atoms with Crippen LogP contribution in [-0.4, -0.2) is 24.5 Å². The first-order valence-electron chi connectivity index (χ1n) is 10.2. The van der Waals surface area contributed by atoms with E-state index in [-0.39, 0.29) is 11.8 Å². The number of carbonyl (C=O) groups excluding carboxylic acids is 1. The third-order valence-electron chi connectivity index (χ3n) is 5.38. The monoisotopic (exact) mass is 356 g/mol. The predicted octanol–water partition coefficient (Wildman–Crippen LogP) is 3.81. The zero-order valence-corrected chi connectivity index (χ0v) is 15.9. The molecule has 0 aromatic heterocycles. The van der Waals surface area contributed by atoms with Crippen molar-refractivity contribution in [2.45, 2.75) is 70.9 Å². The molecule has 0 radical (unpaired) electrons. The van der Waals surface area contributed by atoms with Crippen LogP contribution in [0.4, 0.5) is 5.69 Å². The molecule has 5 heteroatoms. The molecule has 26 heavy (non-hydrogen) atoms. The molecule has 1 amide bonds. The Morgan fingerprint density at radius 2 is 1.85 bits per heavy atom. The summed E-state index contributed by atoms with van der Waals surface area (Å²) >= 11 is 0. The summed E-state index contributed by atoms with van der Waals surface area (Å²) in [6.07, 6.45) is 9.46. The average molecular weight is 357 g/mol. The van der Waals surface area contributed by atoms with Crippen LogP contribution in [0.15, 0.2) is 29.3 Å². The predicted molar refractivity (Wildman–Crippen MR) is 107 cm³/mol.